The Morgan fingerprint density at radius 3 is 0.662 bits per heavy atom. The Morgan fingerprint density at radius 2 is 0.475 bits per heavy atom. The number of hydrogen-bond donors (Lipinski definition) is 0. The van der Waals surface area contributed by atoms with Crippen molar-refractivity contribution in [3.05, 3.63) is 291 Å². The van der Waals surface area contributed by atoms with Crippen LogP contribution in [0.2, 0.25) is 0 Å². The fraction of sp³-hybridized carbons (Fsp3) is 0.0476. The molecular weight excluding hydrogens is 1090 g/mol. The Morgan fingerprint density at radius 1 is 0.275 bits per heavy atom. The molecule has 17 heteroatoms. The molecule has 0 amide bonds. The molecule has 0 aromatic heterocycles. The van der Waals surface area contributed by atoms with Crippen LogP contribution < -0.4 is 56.6 Å². The molecule has 13 nitrogen and oxygen atoms in total. The van der Waals surface area contributed by atoms with Crippen molar-refractivity contribution in [2.45, 2.75) is 19.3 Å². The van der Waals surface area contributed by atoms with Crippen LogP contribution in [0.4, 0.5) is 0 Å². The van der Waals surface area contributed by atoms with E-state index in [1.165, 1.54) is 0 Å². The molecule has 0 atom stereocenters. The number of benzene rings is 9. The van der Waals surface area contributed by atoms with Crippen molar-refractivity contribution in [3.63, 3.8) is 0 Å². The molecule has 0 aliphatic carbocycles. The average Bonchev–Trinajstić information content (AvgIpc) is 3.53. The summed E-state index contributed by atoms with van der Waals surface area (Å²) in [5.41, 5.74) is 1.29. The van der Waals surface area contributed by atoms with Crippen LogP contribution in [0.15, 0.2) is 275 Å². The number of para-hydroxylation sites is 6. The van der Waals surface area contributed by atoms with E-state index in [1.54, 1.807) is 255 Å². The summed E-state index contributed by atoms with van der Waals surface area (Å²) in [6, 6.07) is 65.4. The second-order valence-electron chi connectivity index (χ2n) is 17.5. The highest BCUT2D eigenvalue weighted by molar-refractivity contribution is 7.85. The minimum atomic E-state index is -4.51. The van der Waals surface area contributed by atoms with Gasteiger partial charge in [-0.05, 0) is 163 Å². The molecule has 0 aliphatic heterocycles. The maximum Gasteiger partial charge on any atom is 0.647 e. The first-order valence-electron chi connectivity index (χ1n) is 25.1. The van der Waals surface area contributed by atoms with Gasteiger partial charge in [-0.25, -0.2) is 0 Å². The normalized spacial score (nSPS) is 11.5. The highest BCUT2D eigenvalue weighted by Gasteiger charge is 2.39. The number of phosphoric acid groups is 3. The van der Waals surface area contributed by atoms with E-state index in [1.807, 2.05) is 0 Å². The maximum absolute atomic E-state index is 17.0. The summed E-state index contributed by atoms with van der Waals surface area (Å²) in [5.74, 6) is 1.68. The van der Waals surface area contributed by atoms with Crippen LogP contribution in [0.25, 0.3) is 0 Å². The molecule has 0 spiro atoms. The van der Waals surface area contributed by atoms with Gasteiger partial charge in [-0.3, -0.25) is 0 Å². The third-order valence-corrected chi connectivity index (χ3v) is 18.6. The van der Waals surface area contributed by atoms with Crippen molar-refractivity contribution in [1.29, 1.82) is 0 Å². The van der Waals surface area contributed by atoms with Crippen molar-refractivity contribution >= 4 is 46.5 Å². The van der Waals surface area contributed by atoms with Crippen molar-refractivity contribution in [2.75, 3.05) is 0 Å². The van der Waals surface area contributed by atoms with Crippen molar-refractivity contribution in [3.8, 4) is 51.7 Å². The summed E-state index contributed by atoms with van der Waals surface area (Å²) < 4.78 is 116. The molecular formula is C63H54O13P4. The van der Waals surface area contributed by atoms with Gasteiger partial charge in [0.1, 0.15) is 51.7 Å². The molecule has 0 heterocycles. The zero-order valence-electron chi connectivity index (χ0n) is 43.1. The third kappa shape index (κ3) is 14.3. The zero-order valence-corrected chi connectivity index (χ0v) is 46.7. The Kier molecular flexibility index (Phi) is 18.1. The SMILES string of the molecule is C=CCc1cc(P(=O)(c2ccc(OP(=O)(Oc3ccccc3)Oc3ccccc3)c(CC=C)c2)c2ccc(OP(=O)(Oc3ccccc3)Oc3ccccc3)c(CC=C)c2)ccc1OP(=O)(Oc1ccccc1)Oc1ccccc1. The molecule has 0 unspecified atom stereocenters. The fourth-order valence-corrected chi connectivity index (χ4v) is 14.8. The van der Waals surface area contributed by atoms with Gasteiger partial charge in [-0.1, -0.05) is 127 Å². The fourth-order valence-electron chi connectivity index (χ4n) is 8.14. The van der Waals surface area contributed by atoms with Crippen LogP contribution >= 0.6 is 30.6 Å². The van der Waals surface area contributed by atoms with Crippen LogP contribution in [-0.4, -0.2) is 0 Å². The van der Waals surface area contributed by atoms with Crippen molar-refractivity contribution in [1.82, 2.24) is 0 Å². The Bertz CT molecular complexity index is 3230. The molecule has 404 valence electrons. The van der Waals surface area contributed by atoms with Gasteiger partial charge in [0.25, 0.3) is 0 Å². The number of rotatable bonds is 27. The molecule has 9 rings (SSSR count). The summed E-state index contributed by atoms with van der Waals surface area (Å²) >= 11 is 0. The molecule has 0 N–H and O–H groups in total. The highest BCUT2D eigenvalue weighted by atomic mass is 31.2. The van der Waals surface area contributed by atoms with Gasteiger partial charge >= 0.3 is 23.5 Å². The first-order valence-corrected chi connectivity index (χ1v) is 31.2. The number of hydrogen-bond acceptors (Lipinski definition) is 13. The second kappa shape index (κ2) is 25.9. The van der Waals surface area contributed by atoms with Gasteiger partial charge < -0.3 is 45.3 Å². The monoisotopic (exact) mass is 1140 g/mol. The van der Waals surface area contributed by atoms with Gasteiger partial charge in [0, 0.05) is 15.9 Å². The van der Waals surface area contributed by atoms with E-state index in [0.29, 0.717) is 32.6 Å². The van der Waals surface area contributed by atoms with Gasteiger partial charge in [-0.15, -0.1) is 19.7 Å². The molecule has 0 radical (unpaired) electrons. The zero-order chi connectivity index (χ0) is 55.8. The quantitative estimate of drug-likeness (QED) is 0.0355. The lowest BCUT2D eigenvalue weighted by molar-refractivity contribution is 0.296. The van der Waals surface area contributed by atoms with Crippen LogP contribution in [0.1, 0.15) is 16.7 Å². The third-order valence-electron chi connectivity index (χ3n) is 11.7. The molecule has 0 bridgehead atoms. The molecule has 80 heavy (non-hydrogen) atoms. The smallest absolute Gasteiger partial charge is 0.386 e. The van der Waals surface area contributed by atoms with Gasteiger partial charge in [-0.2, -0.15) is 13.7 Å². The predicted octanol–water partition coefficient (Wildman–Crippen LogP) is 16.4. The maximum atomic E-state index is 17.0. The minimum Gasteiger partial charge on any atom is -0.386 e. The average molecular weight is 1140 g/mol. The van der Waals surface area contributed by atoms with Gasteiger partial charge in [0.05, 0.1) is 0 Å². The lowest BCUT2D eigenvalue weighted by Crippen LogP contribution is -2.26. The molecule has 0 saturated carbocycles. The molecule has 9 aromatic rings. The van der Waals surface area contributed by atoms with Crippen molar-refractivity contribution < 1.29 is 59.0 Å². The van der Waals surface area contributed by atoms with Crippen LogP contribution in [0.3, 0.4) is 0 Å². The predicted molar refractivity (Wildman–Crippen MR) is 315 cm³/mol. The largest absolute Gasteiger partial charge is 0.647 e. The highest BCUT2D eigenvalue weighted by Crippen LogP contribution is 2.55. The van der Waals surface area contributed by atoms with Crippen LogP contribution in [-0.2, 0) is 37.5 Å². The second-order valence-corrected chi connectivity index (χ2v) is 24.6. The minimum absolute atomic E-state index is 0.0998. The first-order chi connectivity index (χ1) is 38.9. The van der Waals surface area contributed by atoms with E-state index in [2.05, 4.69) is 19.7 Å². The Hall–Kier alpha value is -8.68. The van der Waals surface area contributed by atoms with Crippen LogP contribution in [0.5, 0.6) is 51.7 Å². The first kappa shape index (κ1) is 56.1. The molecule has 0 aliphatic rings. The van der Waals surface area contributed by atoms with E-state index in [0.717, 1.165) is 0 Å². The summed E-state index contributed by atoms with van der Waals surface area (Å²) in [4.78, 5) is 0. The van der Waals surface area contributed by atoms with E-state index in [-0.39, 0.29) is 71.0 Å². The lowest BCUT2D eigenvalue weighted by atomic mass is 10.1. The summed E-state index contributed by atoms with van der Waals surface area (Å²) in [5, 5.41) is 0.908. The van der Waals surface area contributed by atoms with E-state index in [4.69, 9.17) is 40.7 Å². The van der Waals surface area contributed by atoms with Crippen LogP contribution in [0, 0.1) is 0 Å². The standard InChI is InChI=1S/C63H54O13P4/c1-4-25-49-46-58(40-43-61(49)74-78(65,68-52-28-13-7-14-29-52)69-53-30-15-8-16-31-53)77(64,59-41-44-62(50(47-59)26-5-2)75-79(66,70-54-32-17-9-18-33-54)71-55-34-19-10-20-35-55)60-42-45-63(51(48-60)27-6-3)76-80(67,72-56-36-21-11-22-37-56)73-57-38-23-12-24-39-57/h4-24,28-48H,1-3,25-27H2. The summed E-state index contributed by atoms with van der Waals surface area (Å²) in [6.45, 7) is 12.0. The molecule has 0 saturated heterocycles. The molecule has 0 fully saturated rings. The molecule has 9 aromatic carbocycles. The Labute approximate surface area is 465 Å². The summed E-state index contributed by atoms with van der Waals surface area (Å²) in [6.07, 6.45) is 5.33. The number of phosphoric ester groups is 3. The van der Waals surface area contributed by atoms with E-state index < -0.39 is 30.6 Å². The summed E-state index contributed by atoms with van der Waals surface area (Å²) in [7, 11) is -17.7. The number of allylic oxidation sites excluding steroid dienone is 3. The van der Waals surface area contributed by atoms with Gasteiger partial charge in [0.15, 0.2) is 7.14 Å². The lowest BCUT2D eigenvalue weighted by Gasteiger charge is -2.26. The van der Waals surface area contributed by atoms with E-state index in [9.17, 15) is 13.7 Å². The van der Waals surface area contributed by atoms with Gasteiger partial charge in [0.2, 0.25) is 0 Å². The van der Waals surface area contributed by atoms with Crippen molar-refractivity contribution in [2.24, 2.45) is 0 Å². The Balaban J connectivity index is 1.18. The topological polar surface area (TPSA) is 151 Å². The van der Waals surface area contributed by atoms with E-state index >= 15 is 4.57 Å².